The maximum Gasteiger partial charge on any atom is 0.417 e. The van der Waals surface area contributed by atoms with Gasteiger partial charge in [-0.05, 0) is 43.3 Å². The largest absolute Gasteiger partial charge is 0.463 e. The molecular weight excluding hydrogens is 383 g/mol. The predicted molar refractivity (Wildman–Crippen MR) is 92.9 cm³/mol. The quantitative estimate of drug-likeness (QED) is 0.679. The molecule has 1 saturated heterocycles. The molecule has 0 spiro atoms. The Hall–Kier alpha value is -2.46. The van der Waals surface area contributed by atoms with E-state index in [0.717, 1.165) is 18.9 Å². The molecule has 1 atom stereocenters. The van der Waals surface area contributed by atoms with Crippen LogP contribution in [0, 0.1) is 4.77 Å². The molecule has 0 aromatic carbocycles. The number of rotatable bonds is 3. The molecule has 6 nitrogen and oxygen atoms in total. The molecule has 3 aromatic heterocycles. The summed E-state index contributed by atoms with van der Waals surface area (Å²) in [5.74, 6) is 0.164. The first kappa shape index (κ1) is 17.9. The highest BCUT2D eigenvalue weighted by Crippen LogP contribution is 2.35. The molecule has 10 heteroatoms. The molecule has 1 aliphatic rings. The smallest absolute Gasteiger partial charge is 0.417 e. The number of alkyl halides is 3. The number of aromatic nitrogens is 3. The molecule has 0 radical (unpaired) electrons. The standard InChI is InChI=1S/C17H14F3N3O3S/c18-17(19,20)10-7-11(12-4-2-6-26-12)21-14-13(10)15(24)22-16(27)23(14)8-9-3-1-5-25-9/h2,4,6-7,9H,1,3,5,8H2,(H,22,24,27). The minimum absolute atomic E-state index is 0.000203. The molecule has 0 bridgehead atoms. The lowest BCUT2D eigenvalue weighted by Crippen LogP contribution is -2.24. The highest BCUT2D eigenvalue weighted by atomic mass is 32.1. The number of fused-ring (bicyclic) bond motifs is 1. The summed E-state index contributed by atoms with van der Waals surface area (Å²) in [4.78, 5) is 18.9. The maximum atomic E-state index is 13.7. The Balaban J connectivity index is 2.04. The Bertz CT molecular complexity index is 1100. The van der Waals surface area contributed by atoms with Crippen LogP contribution in [0.2, 0.25) is 0 Å². The number of aromatic amines is 1. The Morgan fingerprint density at radius 3 is 2.85 bits per heavy atom. The molecule has 0 aliphatic carbocycles. The molecule has 0 amide bonds. The van der Waals surface area contributed by atoms with Gasteiger partial charge in [-0.2, -0.15) is 13.2 Å². The van der Waals surface area contributed by atoms with Gasteiger partial charge in [0.1, 0.15) is 11.3 Å². The lowest BCUT2D eigenvalue weighted by molar-refractivity contribution is -0.136. The summed E-state index contributed by atoms with van der Waals surface area (Å²) in [5.41, 5.74) is -2.18. The van der Waals surface area contributed by atoms with Crippen LogP contribution >= 0.6 is 12.2 Å². The number of hydrogen-bond donors (Lipinski definition) is 1. The number of nitrogens with one attached hydrogen (secondary N) is 1. The van der Waals surface area contributed by atoms with Crippen LogP contribution in [0.5, 0.6) is 0 Å². The number of furan rings is 1. The van der Waals surface area contributed by atoms with Crippen LogP contribution in [0.1, 0.15) is 18.4 Å². The molecule has 1 N–H and O–H groups in total. The van der Waals surface area contributed by atoms with E-state index in [2.05, 4.69) is 9.97 Å². The van der Waals surface area contributed by atoms with E-state index in [1.54, 1.807) is 6.07 Å². The lowest BCUT2D eigenvalue weighted by Gasteiger charge is -2.17. The number of nitrogens with zero attached hydrogens (tertiary/aromatic N) is 2. The van der Waals surface area contributed by atoms with E-state index < -0.39 is 22.7 Å². The summed E-state index contributed by atoms with van der Waals surface area (Å²) in [6.07, 6.45) is -2.00. The minimum Gasteiger partial charge on any atom is -0.463 e. The molecule has 0 saturated carbocycles. The topological polar surface area (TPSA) is 73.0 Å². The summed E-state index contributed by atoms with van der Waals surface area (Å²) in [7, 11) is 0. The fourth-order valence-electron chi connectivity index (χ4n) is 3.21. The van der Waals surface area contributed by atoms with Gasteiger partial charge in [0.05, 0.1) is 29.9 Å². The number of hydrogen-bond acceptors (Lipinski definition) is 5. The van der Waals surface area contributed by atoms with Crippen molar-refractivity contribution >= 4 is 23.3 Å². The Kier molecular flexibility index (Phi) is 4.39. The van der Waals surface area contributed by atoms with Gasteiger partial charge in [-0.1, -0.05) is 0 Å². The number of ether oxygens (including phenoxy) is 1. The van der Waals surface area contributed by atoms with Gasteiger partial charge in [0.2, 0.25) is 0 Å². The number of H-pyrrole nitrogens is 1. The minimum atomic E-state index is -4.75. The van der Waals surface area contributed by atoms with Crippen molar-refractivity contribution in [3.05, 3.63) is 45.2 Å². The van der Waals surface area contributed by atoms with Gasteiger partial charge in [-0.15, -0.1) is 0 Å². The van der Waals surface area contributed by atoms with Crippen LogP contribution in [-0.2, 0) is 17.5 Å². The van der Waals surface area contributed by atoms with Crippen molar-refractivity contribution in [2.24, 2.45) is 0 Å². The zero-order valence-corrected chi connectivity index (χ0v) is 14.7. The molecule has 1 fully saturated rings. The zero-order chi connectivity index (χ0) is 19.2. The van der Waals surface area contributed by atoms with E-state index in [1.807, 2.05) is 0 Å². The molecule has 4 heterocycles. The van der Waals surface area contributed by atoms with Crippen molar-refractivity contribution in [2.75, 3.05) is 6.61 Å². The van der Waals surface area contributed by atoms with Gasteiger partial charge < -0.3 is 9.15 Å². The van der Waals surface area contributed by atoms with Crippen LogP contribution in [-0.4, -0.2) is 27.2 Å². The van der Waals surface area contributed by atoms with Gasteiger partial charge in [0, 0.05) is 6.61 Å². The number of pyridine rings is 1. The molecule has 4 rings (SSSR count). The highest BCUT2D eigenvalue weighted by Gasteiger charge is 2.36. The third kappa shape index (κ3) is 3.30. The first-order chi connectivity index (χ1) is 12.8. The second kappa shape index (κ2) is 6.61. The van der Waals surface area contributed by atoms with Crippen molar-refractivity contribution in [1.82, 2.24) is 14.5 Å². The third-order valence-electron chi connectivity index (χ3n) is 4.44. The van der Waals surface area contributed by atoms with Crippen molar-refractivity contribution in [3.8, 4) is 11.5 Å². The van der Waals surface area contributed by atoms with Crippen LogP contribution in [0.4, 0.5) is 13.2 Å². The van der Waals surface area contributed by atoms with E-state index >= 15 is 0 Å². The average molecular weight is 397 g/mol. The van der Waals surface area contributed by atoms with Crippen molar-refractivity contribution in [1.29, 1.82) is 0 Å². The van der Waals surface area contributed by atoms with Crippen molar-refractivity contribution in [2.45, 2.75) is 31.7 Å². The van der Waals surface area contributed by atoms with Gasteiger partial charge in [0.25, 0.3) is 5.56 Å². The Morgan fingerprint density at radius 1 is 1.41 bits per heavy atom. The first-order valence-corrected chi connectivity index (χ1v) is 8.66. The summed E-state index contributed by atoms with van der Waals surface area (Å²) in [6, 6.07) is 3.86. The predicted octanol–water partition coefficient (Wildman–Crippen LogP) is 3.91. The van der Waals surface area contributed by atoms with Gasteiger partial charge in [-0.3, -0.25) is 14.3 Å². The molecule has 27 heavy (non-hydrogen) atoms. The summed E-state index contributed by atoms with van der Waals surface area (Å²) >= 11 is 5.19. The summed E-state index contributed by atoms with van der Waals surface area (Å²) in [6.45, 7) is 0.788. The van der Waals surface area contributed by atoms with Crippen molar-refractivity contribution in [3.63, 3.8) is 0 Å². The normalized spacial score (nSPS) is 17.7. The van der Waals surface area contributed by atoms with Crippen LogP contribution in [0.25, 0.3) is 22.5 Å². The fraction of sp³-hybridized carbons (Fsp3) is 0.353. The zero-order valence-electron chi connectivity index (χ0n) is 13.9. The molecular formula is C17H14F3N3O3S. The van der Waals surface area contributed by atoms with E-state index in [-0.39, 0.29) is 34.5 Å². The van der Waals surface area contributed by atoms with E-state index in [4.69, 9.17) is 21.4 Å². The summed E-state index contributed by atoms with van der Waals surface area (Å²) < 4.78 is 53.2. The fourth-order valence-corrected chi connectivity index (χ4v) is 3.46. The SMILES string of the molecule is O=c1[nH]c(=S)n(CC2CCCO2)c2nc(-c3ccco3)cc(C(F)(F)F)c12. The van der Waals surface area contributed by atoms with Gasteiger partial charge in [0.15, 0.2) is 10.5 Å². The maximum absolute atomic E-state index is 13.7. The van der Waals surface area contributed by atoms with Gasteiger partial charge >= 0.3 is 6.18 Å². The number of halogens is 3. The van der Waals surface area contributed by atoms with Crippen molar-refractivity contribution < 1.29 is 22.3 Å². The first-order valence-electron chi connectivity index (χ1n) is 8.25. The molecule has 1 unspecified atom stereocenters. The Labute approximate surface area is 155 Å². The second-order valence-corrected chi connectivity index (χ2v) is 6.62. The van der Waals surface area contributed by atoms with Crippen LogP contribution < -0.4 is 5.56 Å². The lowest BCUT2D eigenvalue weighted by atomic mass is 10.1. The van der Waals surface area contributed by atoms with E-state index in [1.165, 1.54) is 16.9 Å². The highest BCUT2D eigenvalue weighted by molar-refractivity contribution is 7.71. The Morgan fingerprint density at radius 2 is 2.22 bits per heavy atom. The monoisotopic (exact) mass is 397 g/mol. The van der Waals surface area contributed by atoms with Crippen LogP contribution in [0.15, 0.2) is 33.7 Å². The van der Waals surface area contributed by atoms with E-state index in [0.29, 0.717) is 6.61 Å². The molecule has 1 aliphatic heterocycles. The van der Waals surface area contributed by atoms with Gasteiger partial charge in [-0.25, -0.2) is 4.98 Å². The second-order valence-electron chi connectivity index (χ2n) is 6.23. The third-order valence-corrected chi connectivity index (χ3v) is 4.76. The van der Waals surface area contributed by atoms with Crippen LogP contribution in [0.3, 0.4) is 0 Å². The summed E-state index contributed by atoms with van der Waals surface area (Å²) in [5, 5.41) is -0.551. The average Bonchev–Trinajstić information content (AvgIpc) is 3.30. The molecule has 3 aromatic rings. The molecule has 142 valence electrons. The van der Waals surface area contributed by atoms with E-state index in [9.17, 15) is 18.0 Å².